The molecule has 0 spiro atoms. The summed E-state index contributed by atoms with van der Waals surface area (Å²) in [4.78, 5) is 8.42. The number of aliphatic hydroxyl groups excluding tert-OH is 1. The van der Waals surface area contributed by atoms with E-state index in [1.54, 1.807) is 20.4 Å². The lowest BCUT2D eigenvalue weighted by Gasteiger charge is -2.27. The van der Waals surface area contributed by atoms with Crippen LogP contribution in [0.2, 0.25) is 0 Å². The van der Waals surface area contributed by atoms with Crippen molar-refractivity contribution in [3.8, 4) is 5.88 Å². The fourth-order valence-electron chi connectivity index (χ4n) is 2.72. The molecule has 0 amide bonds. The Morgan fingerprint density at radius 2 is 2.33 bits per heavy atom. The van der Waals surface area contributed by atoms with E-state index in [-0.39, 0.29) is 36.0 Å². The van der Waals surface area contributed by atoms with Gasteiger partial charge >= 0.3 is 0 Å². The monoisotopic (exact) mass is 450 g/mol. The number of pyridine rings is 1. The highest BCUT2D eigenvalue weighted by atomic mass is 127. The Morgan fingerprint density at radius 3 is 2.96 bits per heavy atom. The van der Waals surface area contributed by atoms with Gasteiger partial charge in [-0.25, -0.2) is 4.98 Å². The molecule has 3 N–H and O–H groups in total. The molecule has 24 heavy (non-hydrogen) atoms. The van der Waals surface area contributed by atoms with Gasteiger partial charge in [0.25, 0.3) is 0 Å². The number of guanidine groups is 1. The first-order valence-electron chi connectivity index (χ1n) is 7.84. The Balaban J connectivity index is 0.00000288. The molecule has 2 rings (SSSR count). The average molecular weight is 450 g/mol. The summed E-state index contributed by atoms with van der Waals surface area (Å²) in [7, 11) is 3.34. The van der Waals surface area contributed by atoms with Crippen molar-refractivity contribution in [2.75, 3.05) is 40.5 Å². The van der Waals surface area contributed by atoms with E-state index in [9.17, 15) is 5.11 Å². The Bertz CT molecular complexity index is 522. The van der Waals surface area contributed by atoms with Crippen molar-refractivity contribution in [2.24, 2.45) is 10.4 Å². The van der Waals surface area contributed by atoms with Crippen LogP contribution in [0.25, 0.3) is 0 Å². The van der Waals surface area contributed by atoms with Crippen LogP contribution in [0.3, 0.4) is 0 Å². The van der Waals surface area contributed by atoms with Crippen LogP contribution in [0.1, 0.15) is 18.4 Å². The van der Waals surface area contributed by atoms with Gasteiger partial charge in [0.2, 0.25) is 5.88 Å². The van der Waals surface area contributed by atoms with Crippen LogP contribution in [-0.2, 0) is 11.3 Å². The molecule has 1 aromatic heterocycles. The van der Waals surface area contributed by atoms with E-state index in [0.717, 1.165) is 31.6 Å². The molecule has 1 aromatic rings. The van der Waals surface area contributed by atoms with E-state index in [4.69, 9.17) is 9.47 Å². The number of halogens is 1. The summed E-state index contributed by atoms with van der Waals surface area (Å²) in [6, 6.07) is 3.84. The number of aliphatic imine (C=N–C) groups is 1. The normalized spacial score (nSPS) is 20.4. The quantitative estimate of drug-likeness (QED) is 0.329. The molecule has 8 heteroatoms. The lowest BCUT2D eigenvalue weighted by molar-refractivity contribution is 0.127. The fourth-order valence-corrected chi connectivity index (χ4v) is 2.72. The first-order chi connectivity index (χ1) is 11.2. The molecule has 1 aliphatic heterocycles. The third kappa shape index (κ3) is 5.75. The number of hydrogen-bond acceptors (Lipinski definition) is 5. The molecule has 1 unspecified atom stereocenters. The van der Waals surface area contributed by atoms with E-state index >= 15 is 0 Å². The lowest BCUT2D eigenvalue weighted by atomic mass is 9.84. The van der Waals surface area contributed by atoms with E-state index in [1.165, 1.54) is 0 Å². The minimum Gasteiger partial charge on any atom is -0.481 e. The second-order valence-corrected chi connectivity index (χ2v) is 5.73. The van der Waals surface area contributed by atoms with Gasteiger partial charge in [0.05, 0.1) is 13.7 Å². The highest BCUT2D eigenvalue weighted by Crippen LogP contribution is 2.31. The number of ether oxygens (including phenoxy) is 2. The highest BCUT2D eigenvalue weighted by Gasteiger charge is 2.34. The maximum atomic E-state index is 9.27. The third-order valence-corrected chi connectivity index (χ3v) is 4.17. The van der Waals surface area contributed by atoms with Crippen molar-refractivity contribution in [1.29, 1.82) is 0 Å². The number of nitrogens with one attached hydrogen (secondary N) is 2. The van der Waals surface area contributed by atoms with E-state index in [2.05, 4.69) is 20.6 Å². The van der Waals surface area contributed by atoms with Crippen LogP contribution in [-0.4, -0.2) is 56.6 Å². The second kappa shape index (κ2) is 10.7. The average Bonchev–Trinajstić information content (AvgIpc) is 3.04. The molecule has 1 fully saturated rings. The minimum atomic E-state index is -0.0155. The van der Waals surface area contributed by atoms with Crippen LogP contribution in [0.5, 0.6) is 5.88 Å². The zero-order chi connectivity index (χ0) is 16.5. The molecular formula is C16H27IN4O3. The largest absolute Gasteiger partial charge is 0.481 e. The van der Waals surface area contributed by atoms with Gasteiger partial charge in [0.15, 0.2) is 5.96 Å². The molecule has 2 heterocycles. The van der Waals surface area contributed by atoms with E-state index in [1.807, 2.05) is 12.1 Å². The number of aromatic nitrogens is 1. The summed E-state index contributed by atoms with van der Waals surface area (Å²) in [5.74, 6) is 1.32. The first kappa shape index (κ1) is 20.9. The van der Waals surface area contributed by atoms with Gasteiger partial charge in [-0.05, 0) is 18.9 Å². The first-order valence-corrected chi connectivity index (χ1v) is 7.84. The molecule has 0 radical (unpaired) electrons. The standard InChI is InChI=1S/C16H26N4O3.HI/c1-17-15(19-10-13-4-3-7-18-14(13)22-2)20-11-16(5-8-21)6-9-23-12-16;/h3-4,7,21H,5-6,8-12H2,1-2H3,(H2,17,19,20);1H. The molecule has 1 aliphatic rings. The van der Waals surface area contributed by atoms with Gasteiger partial charge < -0.3 is 25.2 Å². The Labute approximate surface area is 160 Å². The van der Waals surface area contributed by atoms with Crippen molar-refractivity contribution >= 4 is 29.9 Å². The van der Waals surface area contributed by atoms with Gasteiger partial charge in [-0.2, -0.15) is 0 Å². The summed E-state index contributed by atoms with van der Waals surface area (Å²) in [6.45, 7) is 2.89. The Kier molecular flexibility index (Phi) is 9.30. The smallest absolute Gasteiger partial charge is 0.218 e. The molecule has 136 valence electrons. The third-order valence-electron chi connectivity index (χ3n) is 4.17. The predicted octanol–water partition coefficient (Wildman–Crippen LogP) is 1.16. The van der Waals surface area contributed by atoms with E-state index < -0.39 is 0 Å². The summed E-state index contributed by atoms with van der Waals surface area (Å²) >= 11 is 0. The summed E-state index contributed by atoms with van der Waals surface area (Å²) < 4.78 is 10.7. The number of methoxy groups -OCH3 is 1. The molecular weight excluding hydrogens is 423 g/mol. The number of hydrogen-bond donors (Lipinski definition) is 3. The molecule has 1 atom stereocenters. The zero-order valence-corrected chi connectivity index (χ0v) is 16.6. The minimum absolute atomic E-state index is 0. The van der Waals surface area contributed by atoms with Crippen LogP contribution in [0, 0.1) is 5.41 Å². The Morgan fingerprint density at radius 1 is 1.50 bits per heavy atom. The summed E-state index contributed by atoms with van der Waals surface area (Å²) in [6.07, 6.45) is 3.38. The fraction of sp³-hybridized carbons (Fsp3) is 0.625. The molecule has 0 saturated carbocycles. The second-order valence-electron chi connectivity index (χ2n) is 5.73. The molecule has 1 saturated heterocycles. The van der Waals surface area contributed by atoms with Crippen molar-refractivity contribution in [3.63, 3.8) is 0 Å². The van der Waals surface area contributed by atoms with Gasteiger partial charge in [-0.15, -0.1) is 24.0 Å². The number of aliphatic hydroxyl groups is 1. The van der Waals surface area contributed by atoms with Gasteiger partial charge in [-0.1, -0.05) is 6.07 Å². The maximum absolute atomic E-state index is 9.27. The SMILES string of the molecule is CN=C(NCc1cccnc1OC)NCC1(CCO)CCOC1.I. The van der Waals surface area contributed by atoms with E-state index in [0.29, 0.717) is 25.0 Å². The molecule has 0 aromatic carbocycles. The predicted molar refractivity (Wildman–Crippen MR) is 104 cm³/mol. The van der Waals surface area contributed by atoms with Gasteiger partial charge in [0, 0.05) is 50.5 Å². The Hall–Kier alpha value is -1.13. The maximum Gasteiger partial charge on any atom is 0.218 e. The van der Waals surface area contributed by atoms with Gasteiger partial charge in [0.1, 0.15) is 0 Å². The van der Waals surface area contributed by atoms with Crippen molar-refractivity contribution in [2.45, 2.75) is 19.4 Å². The van der Waals surface area contributed by atoms with Crippen molar-refractivity contribution in [1.82, 2.24) is 15.6 Å². The highest BCUT2D eigenvalue weighted by molar-refractivity contribution is 14.0. The van der Waals surface area contributed by atoms with Crippen LogP contribution in [0.4, 0.5) is 0 Å². The molecule has 7 nitrogen and oxygen atoms in total. The van der Waals surface area contributed by atoms with Crippen LogP contribution < -0.4 is 15.4 Å². The lowest BCUT2D eigenvalue weighted by Crippen LogP contribution is -2.44. The van der Waals surface area contributed by atoms with Gasteiger partial charge in [-0.3, -0.25) is 4.99 Å². The van der Waals surface area contributed by atoms with Crippen LogP contribution >= 0.6 is 24.0 Å². The van der Waals surface area contributed by atoms with Crippen molar-refractivity contribution < 1.29 is 14.6 Å². The summed E-state index contributed by atoms with van der Waals surface area (Å²) in [5, 5.41) is 15.9. The molecule has 0 aliphatic carbocycles. The zero-order valence-electron chi connectivity index (χ0n) is 14.2. The van der Waals surface area contributed by atoms with Crippen LogP contribution in [0.15, 0.2) is 23.3 Å². The number of nitrogens with zero attached hydrogens (tertiary/aromatic N) is 2. The summed E-state index contributed by atoms with van der Waals surface area (Å²) in [5.41, 5.74) is 0.950. The molecule has 0 bridgehead atoms. The number of rotatable bonds is 7. The topological polar surface area (TPSA) is 88.0 Å². The van der Waals surface area contributed by atoms with Crippen molar-refractivity contribution in [3.05, 3.63) is 23.9 Å².